The summed E-state index contributed by atoms with van der Waals surface area (Å²) in [4.78, 5) is 2.11. The van der Waals surface area contributed by atoms with Gasteiger partial charge in [0.1, 0.15) is 0 Å². The van der Waals surface area contributed by atoms with Gasteiger partial charge in [-0.3, -0.25) is 5.41 Å². The van der Waals surface area contributed by atoms with Crippen LogP contribution in [0.3, 0.4) is 0 Å². The van der Waals surface area contributed by atoms with Gasteiger partial charge in [0.15, 0.2) is 0 Å². The van der Waals surface area contributed by atoms with E-state index in [1.807, 2.05) is 6.92 Å². The van der Waals surface area contributed by atoms with Gasteiger partial charge in [0, 0.05) is 18.7 Å². The van der Waals surface area contributed by atoms with Crippen LogP contribution in [0.15, 0.2) is 41.6 Å². The number of nitrogens with one attached hydrogen (secondary N) is 1. The van der Waals surface area contributed by atoms with E-state index in [0.717, 1.165) is 13.0 Å². The second kappa shape index (κ2) is 5.21. The maximum atomic E-state index is 8.13. The summed E-state index contributed by atoms with van der Waals surface area (Å²) in [5.41, 5.74) is 4.92. The average Bonchev–Trinajstić information content (AvgIpc) is 2.40. The Morgan fingerprint density at radius 3 is 2.67 bits per heavy atom. The standard InChI is InChI=1S/C16H20N2/c1-4-16(17)18-11-15-8-6-5-7-14(15)10-9-12(2)13(18)3/h5-10,17H,4,11H2,1-3H3/b10-9-,13-12-,17-16?. The van der Waals surface area contributed by atoms with Gasteiger partial charge in [-0.15, -0.1) is 0 Å². The van der Waals surface area contributed by atoms with Gasteiger partial charge in [0.05, 0.1) is 5.84 Å². The maximum Gasteiger partial charge on any atom is 0.1000 e. The van der Waals surface area contributed by atoms with E-state index >= 15 is 0 Å². The van der Waals surface area contributed by atoms with E-state index in [-0.39, 0.29) is 0 Å². The van der Waals surface area contributed by atoms with Crippen molar-refractivity contribution in [2.45, 2.75) is 33.7 Å². The first kappa shape index (κ1) is 12.6. The highest BCUT2D eigenvalue weighted by Gasteiger charge is 2.15. The molecule has 0 radical (unpaired) electrons. The number of amidine groups is 1. The number of hydrogen-bond donors (Lipinski definition) is 1. The molecule has 2 rings (SSSR count). The van der Waals surface area contributed by atoms with Crippen LogP contribution in [0, 0.1) is 5.41 Å². The molecule has 1 aliphatic heterocycles. The number of fused-ring (bicyclic) bond motifs is 1. The largest absolute Gasteiger partial charge is 0.330 e. The number of benzene rings is 1. The van der Waals surface area contributed by atoms with Crippen LogP contribution >= 0.6 is 0 Å². The molecule has 94 valence electrons. The Morgan fingerprint density at radius 1 is 1.22 bits per heavy atom. The quantitative estimate of drug-likeness (QED) is 0.578. The molecule has 0 fully saturated rings. The predicted molar refractivity (Wildman–Crippen MR) is 77.4 cm³/mol. The normalized spacial score (nSPS) is 20.9. The Balaban J connectivity index is 2.50. The van der Waals surface area contributed by atoms with Crippen molar-refractivity contribution in [2.75, 3.05) is 0 Å². The fourth-order valence-electron chi connectivity index (χ4n) is 2.17. The second-order valence-corrected chi connectivity index (χ2v) is 4.69. The maximum absolute atomic E-state index is 8.13. The van der Waals surface area contributed by atoms with Crippen LogP contribution in [-0.2, 0) is 6.54 Å². The third-order valence-corrected chi connectivity index (χ3v) is 3.53. The Kier molecular flexibility index (Phi) is 3.66. The van der Waals surface area contributed by atoms with Crippen molar-refractivity contribution in [3.8, 4) is 0 Å². The van der Waals surface area contributed by atoms with Crippen LogP contribution < -0.4 is 0 Å². The SMILES string of the molecule is CCC(=N)N1Cc2ccccc2/C=C\C(C)=C/1C. The molecule has 0 aromatic heterocycles. The van der Waals surface area contributed by atoms with Crippen LogP contribution in [0.4, 0.5) is 0 Å². The molecule has 0 aliphatic carbocycles. The zero-order valence-electron chi connectivity index (χ0n) is 11.3. The molecule has 0 bridgehead atoms. The van der Waals surface area contributed by atoms with Gasteiger partial charge in [-0.05, 0) is 30.5 Å². The van der Waals surface area contributed by atoms with E-state index < -0.39 is 0 Å². The summed E-state index contributed by atoms with van der Waals surface area (Å²) in [5.74, 6) is 0.678. The van der Waals surface area contributed by atoms with Gasteiger partial charge in [-0.2, -0.15) is 0 Å². The van der Waals surface area contributed by atoms with Gasteiger partial charge in [0.2, 0.25) is 0 Å². The fourth-order valence-corrected chi connectivity index (χ4v) is 2.17. The molecule has 0 amide bonds. The molecule has 0 unspecified atom stereocenters. The summed E-state index contributed by atoms with van der Waals surface area (Å²) < 4.78 is 0. The lowest BCUT2D eigenvalue weighted by Gasteiger charge is -2.28. The highest BCUT2D eigenvalue weighted by molar-refractivity contribution is 5.81. The molecular weight excluding hydrogens is 220 g/mol. The zero-order valence-corrected chi connectivity index (χ0v) is 11.3. The minimum absolute atomic E-state index is 0.678. The minimum Gasteiger partial charge on any atom is -0.330 e. The molecule has 0 atom stereocenters. The van der Waals surface area contributed by atoms with Crippen molar-refractivity contribution in [2.24, 2.45) is 0 Å². The highest BCUT2D eigenvalue weighted by atomic mass is 15.2. The van der Waals surface area contributed by atoms with Gasteiger partial charge < -0.3 is 4.90 Å². The summed E-state index contributed by atoms with van der Waals surface area (Å²) >= 11 is 0. The molecule has 1 aromatic rings. The lowest BCUT2D eigenvalue weighted by atomic mass is 10.0. The molecule has 1 aromatic carbocycles. The Bertz CT molecular complexity index is 524. The monoisotopic (exact) mass is 240 g/mol. The third-order valence-electron chi connectivity index (χ3n) is 3.53. The summed E-state index contributed by atoms with van der Waals surface area (Å²) in [5, 5.41) is 8.13. The highest BCUT2D eigenvalue weighted by Crippen LogP contribution is 2.23. The molecular formula is C16H20N2. The zero-order chi connectivity index (χ0) is 13.1. The number of nitrogens with zero attached hydrogens (tertiary/aromatic N) is 1. The molecule has 1 aliphatic rings. The van der Waals surface area contributed by atoms with E-state index in [0.29, 0.717) is 5.84 Å². The molecule has 1 N–H and O–H groups in total. The van der Waals surface area contributed by atoms with E-state index in [1.165, 1.54) is 22.4 Å². The Morgan fingerprint density at radius 2 is 1.94 bits per heavy atom. The first-order valence-corrected chi connectivity index (χ1v) is 6.42. The van der Waals surface area contributed by atoms with Crippen LogP contribution in [-0.4, -0.2) is 10.7 Å². The van der Waals surface area contributed by atoms with Crippen molar-refractivity contribution in [3.05, 3.63) is 52.7 Å². The summed E-state index contributed by atoms with van der Waals surface area (Å²) in [6, 6.07) is 8.40. The van der Waals surface area contributed by atoms with E-state index in [1.54, 1.807) is 0 Å². The van der Waals surface area contributed by atoms with Crippen molar-refractivity contribution >= 4 is 11.9 Å². The van der Waals surface area contributed by atoms with Gasteiger partial charge in [-0.25, -0.2) is 0 Å². The third kappa shape index (κ3) is 2.37. The topological polar surface area (TPSA) is 27.1 Å². The van der Waals surface area contributed by atoms with E-state index in [2.05, 4.69) is 55.2 Å². The fraction of sp³-hybridized carbons (Fsp3) is 0.312. The van der Waals surface area contributed by atoms with Crippen LogP contribution in [0.1, 0.15) is 38.3 Å². The lowest BCUT2D eigenvalue weighted by molar-refractivity contribution is 0.489. The summed E-state index contributed by atoms with van der Waals surface area (Å²) in [7, 11) is 0. The summed E-state index contributed by atoms with van der Waals surface area (Å²) in [6.45, 7) is 7.02. The van der Waals surface area contributed by atoms with Crippen molar-refractivity contribution in [3.63, 3.8) is 0 Å². The van der Waals surface area contributed by atoms with Gasteiger partial charge >= 0.3 is 0 Å². The Labute approximate surface area is 109 Å². The lowest BCUT2D eigenvalue weighted by Crippen LogP contribution is -2.29. The second-order valence-electron chi connectivity index (χ2n) is 4.69. The number of hydrogen-bond acceptors (Lipinski definition) is 1. The molecule has 2 nitrogen and oxygen atoms in total. The summed E-state index contributed by atoms with van der Waals surface area (Å²) in [6.07, 6.45) is 5.07. The van der Waals surface area contributed by atoms with Gasteiger partial charge in [0.25, 0.3) is 0 Å². The van der Waals surface area contributed by atoms with E-state index in [4.69, 9.17) is 5.41 Å². The van der Waals surface area contributed by atoms with Crippen molar-refractivity contribution in [1.82, 2.24) is 4.90 Å². The molecule has 1 heterocycles. The molecule has 2 heteroatoms. The van der Waals surface area contributed by atoms with Crippen molar-refractivity contribution < 1.29 is 0 Å². The number of allylic oxidation sites excluding steroid dienone is 3. The average molecular weight is 240 g/mol. The molecule has 18 heavy (non-hydrogen) atoms. The first-order chi connectivity index (χ1) is 8.63. The smallest absolute Gasteiger partial charge is 0.1000 e. The first-order valence-electron chi connectivity index (χ1n) is 6.42. The molecule has 0 saturated heterocycles. The molecule has 0 spiro atoms. The molecule has 0 saturated carbocycles. The predicted octanol–water partition coefficient (Wildman–Crippen LogP) is 4.20. The van der Waals surface area contributed by atoms with Gasteiger partial charge in [-0.1, -0.05) is 43.3 Å². The van der Waals surface area contributed by atoms with Crippen molar-refractivity contribution in [1.29, 1.82) is 5.41 Å². The van der Waals surface area contributed by atoms with Crippen LogP contribution in [0.25, 0.3) is 6.08 Å². The number of rotatable bonds is 1. The minimum atomic E-state index is 0.678. The van der Waals surface area contributed by atoms with E-state index in [9.17, 15) is 0 Å². The Hall–Kier alpha value is -1.83. The van der Waals surface area contributed by atoms with Crippen LogP contribution in [0.2, 0.25) is 0 Å². The van der Waals surface area contributed by atoms with Crippen LogP contribution in [0.5, 0.6) is 0 Å².